The summed E-state index contributed by atoms with van der Waals surface area (Å²) in [6, 6.07) is 11.3. The van der Waals surface area contributed by atoms with Crippen LogP contribution < -0.4 is 16.4 Å². The molecule has 0 spiro atoms. The van der Waals surface area contributed by atoms with Crippen molar-refractivity contribution in [3.8, 4) is 0 Å². The Bertz CT molecular complexity index is 846. The first-order valence-electron chi connectivity index (χ1n) is 7.88. The first kappa shape index (κ1) is 16.9. The van der Waals surface area contributed by atoms with Crippen LogP contribution in [0.25, 0.3) is 0 Å². The van der Waals surface area contributed by atoms with Crippen LogP contribution >= 0.6 is 11.3 Å². The molecule has 7 heteroatoms. The smallest absolute Gasteiger partial charge is 0.159 e. The van der Waals surface area contributed by atoms with Gasteiger partial charge in [0.15, 0.2) is 17.4 Å². The van der Waals surface area contributed by atoms with Crippen LogP contribution in [0.4, 0.5) is 23.0 Å². The Morgan fingerprint density at radius 1 is 1.16 bits per heavy atom. The molecular formula is C18H19N5OS. The zero-order valence-electron chi connectivity index (χ0n) is 13.8. The molecule has 0 saturated heterocycles. The summed E-state index contributed by atoms with van der Waals surface area (Å²) in [7, 11) is 0. The quantitative estimate of drug-likeness (QED) is 0.561. The molecule has 0 saturated carbocycles. The maximum Gasteiger partial charge on any atom is 0.159 e. The number of nitrogens with one attached hydrogen (secondary N) is 2. The van der Waals surface area contributed by atoms with Gasteiger partial charge in [-0.25, -0.2) is 9.97 Å². The van der Waals surface area contributed by atoms with Crippen LogP contribution in [0, 0.1) is 0 Å². The van der Waals surface area contributed by atoms with E-state index < -0.39 is 0 Å². The highest BCUT2D eigenvalue weighted by Gasteiger charge is 2.08. The number of ketones is 1. The zero-order valence-corrected chi connectivity index (χ0v) is 14.6. The lowest BCUT2D eigenvalue weighted by atomic mass is 10.1. The van der Waals surface area contributed by atoms with Gasteiger partial charge in [0.2, 0.25) is 0 Å². The Morgan fingerprint density at radius 2 is 1.92 bits per heavy atom. The van der Waals surface area contributed by atoms with Gasteiger partial charge in [-0.3, -0.25) is 4.79 Å². The summed E-state index contributed by atoms with van der Waals surface area (Å²) in [5.74, 6) is 1.17. The van der Waals surface area contributed by atoms with E-state index in [1.807, 2.05) is 18.2 Å². The normalized spacial score (nSPS) is 10.4. The van der Waals surface area contributed by atoms with Crippen molar-refractivity contribution in [1.82, 2.24) is 9.97 Å². The van der Waals surface area contributed by atoms with Gasteiger partial charge in [-0.15, -0.1) is 11.3 Å². The molecule has 0 amide bonds. The average Bonchev–Trinajstić information content (AvgIpc) is 3.12. The van der Waals surface area contributed by atoms with Gasteiger partial charge in [-0.2, -0.15) is 0 Å². The van der Waals surface area contributed by atoms with E-state index in [9.17, 15) is 4.79 Å². The van der Waals surface area contributed by atoms with Gasteiger partial charge in [0, 0.05) is 22.7 Å². The lowest BCUT2D eigenvalue weighted by Gasteiger charge is -2.12. The molecule has 0 unspecified atom stereocenters. The Kier molecular flexibility index (Phi) is 5.25. The van der Waals surface area contributed by atoms with E-state index in [2.05, 4.69) is 32.0 Å². The van der Waals surface area contributed by atoms with E-state index in [4.69, 9.17) is 5.73 Å². The average molecular weight is 353 g/mol. The van der Waals surface area contributed by atoms with Crippen LogP contribution in [-0.2, 0) is 6.42 Å². The molecule has 0 bridgehead atoms. The number of nitrogen functional groups attached to an aromatic ring is 1. The fourth-order valence-electron chi connectivity index (χ4n) is 2.32. The number of benzene rings is 1. The van der Waals surface area contributed by atoms with Gasteiger partial charge in [0.05, 0.1) is 0 Å². The zero-order chi connectivity index (χ0) is 17.6. The van der Waals surface area contributed by atoms with Crippen molar-refractivity contribution in [2.24, 2.45) is 0 Å². The van der Waals surface area contributed by atoms with E-state index in [1.54, 1.807) is 30.4 Å². The maximum absolute atomic E-state index is 11.3. The lowest BCUT2D eigenvalue weighted by molar-refractivity contribution is 0.101. The van der Waals surface area contributed by atoms with E-state index in [0.717, 1.165) is 18.7 Å². The van der Waals surface area contributed by atoms with Gasteiger partial charge in [0.1, 0.15) is 12.0 Å². The van der Waals surface area contributed by atoms with Crippen LogP contribution in [-0.4, -0.2) is 22.3 Å². The van der Waals surface area contributed by atoms with Crippen LogP contribution in [0.2, 0.25) is 0 Å². The summed E-state index contributed by atoms with van der Waals surface area (Å²) in [4.78, 5) is 21.0. The van der Waals surface area contributed by atoms with Crippen molar-refractivity contribution in [2.75, 3.05) is 22.9 Å². The Balaban J connectivity index is 1.66. The Morgan fingerprint density at radius 3 is 2.60 bits per heavy atom. The molecular weight excluding hydrogens is 334 g/mol. The Labute approximate surface area is 150 Å². The highest BCUT2D eigenvalue weighted by Crippen LogP contribution is 2.26. The number of nitrogens with two attached hydrogens (primary N) is 1. The molecule has 0 radical (unpaired) electrons. The first-order valence-corrected chi connectivity index (χ1v) is 8.76. The number of carbonyl (C=O) groups excluding carboxylic acids is 1. The molecule has 3 aromatic rings. The number of hydrogen-bond donors (Lipinski definition) is 3. The standard InChI is InChI=1S/C18H19N5OS/c1-12(24)13-4-6-14(7-5-13)23-18-16(19)17(21-11-22-18)20-9-8-15-3-2-10-25-15/h2-7,10-11H,8-9,19H2,1H3,(H2,20,21,22,23). The number of thiophene rings is 1. The predicted octanol–water partition coefficient (Wildman–Crippen LogP) is 3.72. The molecule has 0 aliphatic rings. The third kappa shape index (κ3) is 4.33. The molecule has 2 heterocycles. The van der Waals surface area contributed by atoms with Crippen molar-refractivity contribution in [1.29, 1.82) is 0 Å². The molecule has 1 aromatic carbocycles. The highest BCUT2D eigenvalue weighted by atomic mass is 32.1. The van der Waals surface area contributed by atoms with Gasteiger partial charge in [-0.05, 0) is 49.1 Å². The summed E-state index contributed by atoms with van der Waals surface area (Å²) < 4.78 is 0. The molecule has 25 heavy (non-hydrogen) atoms. The largest absolute Gasteiger partial charge is 0.393 e. The van der Waals surface area contributed by atoms with Crippen LogP contribution in [0.3, 0.4) is 0 Å². The summed E-state index contributed by atoms with van der Waals surface area (Å²) in [5.41, 5.74) is 8.10. The van der Waals surface area contributed by atoms with E-state index in [-0.39, 0.29) is 5.78 Å². The van der Waals surface area contributed by atoms with Crippen LogP contribution in [0.15, 0.2) is 48.1 Å². The minimum Gasteiger partial charge on any atom is -0.393 e. The summed E-state index contributed by atoms with van der Waals surface area (Å²) in [5, 5.41) is 8.47. The van der Waals surface area contributed by atoms with Gasteiger partial charge < -0.3 is 16.4 Å². The lowest BCUT2D eigenvalue weighted by Crippen LogP contribution is -2.10. The number of nitrogens with zero attached hydrogens (tertiary/aromatic N) is 2. The monoisotopic (exact) mass is 353 g/mol. The number of carbonyl (C=O) groups is 1. The third-order valence-electron chi connectivity index (χ3n) is 3.68. The Hall–Kier alpha value is -2.93. The number of Topliss-reactive ketones (excluding diaryl/α,β-unsaturated/α-hetero) is 1. The SMILES string of the molecule is CC(=O)c1ccc(Nc2ncnc(NCCc3cccs3)c2N)cc1. The molecule has 2 aromatic heterocycles. The van der Waals surface area contributed by atoms with Crippen LogP contribution in [0.1, 0.15) is 22.2 Å². The number of rotatable bonds is 7. The molecule has 4 N–H and O–H groups in total. The van der Waals surface area contributed by atoms with Crippen LogP contribution in [0.5, 0.6) is 0 Å². The molecule has 0 aliphatic heterocycles. The van der Waals surface area contributed by atoms with Crippen molar-refractivity contribution < 1.29 is 4.79 Å². The number of anilines is 4. The van der Waals surface area contributed by atoms with Crippen molar-refractivity contribution >= 4 is 40.1 Å². The maximum atomic E-state index is 11.3. The van der Waals surface area contributed by atoms with E-state index in [0.29, 0.717) is 22.9 Å². The molecule has 0 aliphatic carbocycles. The first-order chi connectivity index (χ1) is 12.1. The van der Waals surface area contributed by atoms with Gasteiger partial charge in [0.25, 0.3) is 0 Å². The predicted molar refractivity (Wildman–Crippen MR) is 103 cm³/mol. The minimum atomic E-state index is 0.0327. The summed E-state index contributed by atoms with van der Waals surface area (Å²) in [6.07, 6.45) is 2.38. The third-order valence-corrected chi connectivity index (χ3v) is 4.62. The van der Waals surface area contributed by atoms with E-state index in [1.165, 1.54) is 11.2 Å². The number of hydrogen-bond acceptors (Lipinski definition) is 7. The number of aromatic nitrogens is 2. The fraction of sp³-hybridized carbons (Fsp3) is 0.167. The van der Waals surface area contributed by atoms with Crippen molar-refractivity contribution in [3.05, 3.63) is 58.5 Å². The summed E-state index contributed by atoms with van der Waals surface area (Å²) in [6.45, 7) is 2.29. The molecule has 3 rings (SSSR count). The highest BCUT2D eigenvalue weighted by molar-refractivity contribution is 7.09. The molecule has 6 nitrogen and oxygen atoms in total. The minimum absolute atomic E-state index is 0.0327. The van der Waals surface area contributed by atoms with Gasteiger partial charge in [-0.1, -0.05) is 6.07 Å². The van der Waals surface area contributed by atoms with Gasteiger partial charge >= 0.3 is 0 Å². The summed E-state index contributed by atoms with van der Waals surface area (Å²) >= 11 is 1.73. The molecule has 0 fully saturated rings. The second-order valence-corrected chi connectivity index (χ2v) is 6.53. The molecule has 128 valence electrons. The van der Waals surface area contributed by atoms with Crippen molar-refractivity contribution in [2.45, 2.75) is 13.3 Å². The fourth-order valence-corrected chi connectivity index (χ4v) is 3.03. The van der Waals surface area contributed by atoms with Crippen molar-refractivity contribution in [3.63, 3.8) is 0 Å². The topological polar surface area (TPSA) is 92.9 Å². The molecule has 0 atom stereocenters. The second kappa shape index (κ2) is 7.76. The van der Waals surface area contributed by atoms with E-state index >= 15 is 0 Å². The second-order valence-electron chi connectivity index (χ2n) is 5.50.